The second-order valence-corrected chi connectivity index (χ2v) is 4.61. The Kier molecular flexibility index (Phi) is 2.87. The van der Waals surface area contributed by atoms with Crippen LogP contribution in [0, 0.1) is 0 Å². The maximum absolute atomic E-state index is 11.9. The molecule has 0 aliphatic carbocycles. The summed E-state index contributed by atoms with van der Waals surface area (Å²) in [5, 5.41) is 9.09. The summed E-state index contributed by atoms with van der Waals surface area (Å²) in [6.45, 7) is 0.425. The number of amides is 1. The molecule has 1 aromatic carbocycles. The van der Waals surface area contributed by atoms with E-state index in [4.69, 9.17) is 14.6 Å². The van der Waals surface area contributed by atoms with Crippen molar-refractivity contribution in [1.82, 2.24) is 4.90 Å². The molecule has 0 saturated carbocycles. The first-order valence-corrected chi connectivity index (χ1v) is 6.02. The molecule has 0 radical (unpaired) electrons. The fraction of sp³-hybridized carbons (Fsp3) is 0.385. The van der Waals surface area contributed by atoms with Crippen molar-refractivity contribution >= 4 is 12.1 Å². The number of hydrogen-bond donors (Lipinski definition) is 1. The van der Waals surface area contributed by atoms with Crippen LogP contribution in [0.25, 0.3) is 0 Å². The molecule has 2 saturated heterocycles. The molecule has 0 spiro atoms. The summed E-state index contributed by atoms with van der Waals surface area (Å²) in [6, 6.07) is 8.33. The van der Waals surface area contributed by atoms with Gasteiger partial charge in [0.2, 0.25) is 0 Å². The molecule has 6 nitrogen and oxygen atoms in total. The van der Waals surface area contributed by atoms with Crippen molar-refractivity contribution in [2.45, 2.75) is 24.9 Å². The van der Waals surface area contributed by atoms with Crippen LogP contribution in [0.3, 0.4) is 0 Å². The molecule has 1 aromatic rings. The number of morpholine rings is 1. The van der Waals surface area contributed by atoms with Crippen LogP contribution < -0.4 is 0 Å². The number of nitrogens with zero attached hydrogens (tertiary/aromatic N) is 1. The van der Waals surface area contributed by atoms with E-state index in [1.807, 2.05) is 30.3 Å². The number of epoxide rings is 1. The van der Waals surface area contributed by atoms with Crippen LogP contribution in [0.2, 0.25) is 0 Å². The van der Waals surface area contributed by atoms with E-state index in [2.05, 4.69) is 0 Å². The van der Waals surface area contributed by atoms with Crippen molar-refractivity contribution in [3.63, 3.8) is 0 Å². The summed E-state index contributed by atoms with van der Waals surface area (Å²) < 4.78 is 10.3. The second kappa shape index (κ2) is 4.55. The monoisotopic (exact) mass is 263 g/mol. The van der Waals surface area contributed by atoms with Gasteiger partial charge in [0.1, 0.15) is 18.8 Å². The molecule has 2 unspecified atom stereocenters. The molecule has 2 heterocycles. The Labute approximate surface area is 109 Å². The topological polar surface area (TPSA) is 79.4 Å². The fourth-order valence-electron chi connectivity index (χ4n) is 2.33. The zero-order valence-corrected chi connectivity index (χ0v) is 10.1. The lowest BCUT2D eigenvalue weighted by molar-refractivity contribution is -0.143. The normalized spacial score (nSPS) is 27.8. The first-order chi connectivity index (χ1) is 9.16. The molecule has 3 atom stereocenters. The zero-order chi connectivity index (χ0) is 13.4. The van der Waals surface area contributed by atoms with E-state index in [9.17, 15) is 9.59 Å². The van der Waals surface area contributed by atoms with E-state index in [0.29, 0.717) is 0 Å². The molecule has 0 aromatic heterocycles. The van der Waals surface area contributed by atoms with Crippen LogP contribution in [0.1, 0.15) is 5.56 Å². The summed E-state index contributed by atoms with van der Waals surface area (Å²) in [5.74, 6) is -1.05. The number of likely N-dealkylation sites (tertiary alicyclic amines) is 1. The standard InChI is InChI=1S/C13H13NO5/c15-12(16)10-11-9(19-11)6-14(10)13(17)18-7-8-4-2-1-3-5-8/h1-5,9-11H,6-7H2,(H,15,16)/t9?,10-,11?/m0/s1. The zero-order valence-electron chi connectivity index (χ0n) is 10.1. The van der Waals surface area contributed by atoms with Gasteiger partial charge < -0.3 is 14.6 Å². The number of ether oxygens (including phenoxy) is 2. The van der Waals surface area contributed by atoms with Gasteiger partial charge in [0.05, 0.1) is 6.54 Å². The van der Waals surface area contributed by atoms with Crippen molar-refractivity contribution in [3.05, 3.63) is 35.9 Å². The average molecular weight is 263 g/mol. The Balaban J connectivity index is 1.60. The Morgan fingerprint density at radius 2 is 2.11 bits per heavy atom. The van der Waals surface area contributed by atoms with Crippen LogP contribution in [-0.2, 0) is 20.9 Å². The van der Waals surface area contributed by atoms with Gasteiger partial charge in [-0.2, -0.15) is 0 Å². The quantitative estimate of drug-likeness (QED) is 0.818. The minimum Gasteiger partial charge on any atom is -0.480 e. The van der Waals surface area contributed by atoms with Gasteiger partial charge in [-0.1, -0.05) is 30.3 Å². The molecule has 3 rings (SSSR count). The van der Waals surface area contributed by atoms with E-state index in [-0.39, 0.29) is 25.4 Å². The van der Waals surface area contributed by atoms with Gasteiger partial charge in [-0.15, -0.1) is 0 Å². The van der Waals surface area contributed by atoms with Gasteiger partial charge in [0.25, 0.3) is 0 Å². The van der Waals surface area contributed by atoms with E-state index in [1.54, 1.807) is 0 Å². The number of carboxylic acid groups (broad SMARTS) is 1. The lowest BCUT2D eigenvalue weighted by Crippen LogP contribution is -2.45. The molecule has 1 N–H and O–H groups in total. The van der Waals surface area contributed by atoms with E-state index in [0.717, 1.165) is 5.56 Å². The van der Waals surface area contributed by atoms with Gasteiger partial charge in [0.15, 0.2) is 6.04 Å². The number of carbonyl (C=O) groups excluding carboxylic acids is 1. The largest absolute Gasteiger partial charge is 0.480 e. The van der Waals surface area contributed by atoms with Gasteiger partial charge in [-0.25, -0.2) is 9.59 Å². The fourth-order valence-corrected chi connectivity index (χ4v) is 2.33. The third-order valence-electron chi connectivity index (χ3n) is 3.34. The summed E-state index contributed by atoms with van der Waals surface area (Å²) in [5.41, 5.74) is 0.864. The molecule has 2 aliphatic rings. The Morgan fingerprint density at radius 3 is 2.79 bits per heavy atom. The van der Waals surface area contributed by atoms with Gasteiger partial charge >= 0.3 is 12.1 Å². The molecular formula is C13H13NO5. The molecule has 1 amide bonds. The summed E-state index contributed by atoms with van der Waals surface area (Å²) in [6.07, 6.45) is -1.13. The van der Waals surface area contributed by atoms with Crippen molar-refractivity contribution in [1.29, 1.82) is 0 Å². The number of benzene rings is 1. The van der Waals surface area contributed by atoms with Crippen molar-refractivity contribution in [2.75, 3.05) is 6.54 Å². The van der Waals surface area contributed by atoms with Gasteiger partial charge in [0, 0.05) is 0 Å². The van der Waals surface area contributed by atoms with E-state index in [1.165, 1.54) is 4.90 Å². The summed E-state index contributed by atoms with van der Waals surface area (Å²) >= 11 is 0. The van der Waals surface area contributed by atoms with Crippen molar-refractivity contribution in [2.24, 2.45) is 0 Å². The summed E-state index contributed by atoms with van der Waals surface area (Å²) in [4.78, 5) is 24.2. The van der Waals surface area contributed by atoms with Crippen molar-refractivity contribution < 1.29 is 24.2 Å². The van der Waals surface area contributed by atoms with Crippen LogP contribution in [0.5, 0.6) is 0 Å². The lowest BCUT2D eigenvalue weighted by atomic mass is 10.2. The average Bonchev–Trinajstić information content (AvgIpc) is 3.07. The van der Waals surface area contributed by atoms with Crippen LogP contribution in [0.15, 0.2) is 30.3 Å². The molecule has 0 bridgehead atoms. The highest BCUT2D eigenvalue weighted by atomic mass is 16.6. The molecule has 100 valence electrons. The SMILES string of the molecule is O=C(O)[C@@H]1C2OC2CN1C(=O)OCc1ccccc1. The van der Waals surface area contributed by atoms with Gasteiger partial charge in [-0.3, -0.25) is 4.90 Å². The van der Waals surface area contributed by atoms with E-state index >= 15 is 0 Å². The predicted octanol–water partition coefficient (Wildman–Crippen LogP) is 0.859. The molecule has 2 aliphatic heterocycles. The molecule has 2 fully saturated rings. The first-order valence-electron chi connectivity index (χ1n) is 6.02. The third kappa shape index (κ3) is 2.26. The van der Waals surface area contributed by atoms with Gasteiger partial charge in [-0.05, 0) is 5.56 Å². The Bertz CT molecular complexity index is 503. The van der Waals surface area contributed by atoms with Crippen LogP contribution >= 0.6 is 0 Å². The maximum Gasteiger partial charge on any atom is 0.411 e. The predicted molar refractivity (Wildman–Crippen MR) is 63.4 cm³/mol. The molecule has 19 heavy (non-hydrogen) atoms. The second-order valence-electron chi connectivity index (χ2n) is 4.61. The third-order valence-corrected chi connectivity index (χ3v) is 3.34. The maximum atomic E-state index is 11.9. The highest BCUT2D eigenvalue weighted by molar-refractivity contribution is 5.82. The van der Waals surface area contributed by atoms with Crippen LogP contribution in [-0.4, -0.2) is 46.9 Å². The molecule has 6 heteroatoms. The lowest BCUT2D eigenvalue weighted by Gasteiger charge is -2.22. The first kappa shape index (κ1) is 12.0. The number of fused-ring (bicyclic) bond motifs is 1. The molecular weight excluding hydrogens is 250 g/mol. The number of carbonyl (C=O) groups is 2. The minimum atomic E-state index is -1.05. The minimum absolute atomic E-state index is 0.138. The number of hydrogen-bond acceptors (Lipinski definition) is 4. The number of aliphatic carboxylic acids is 1. The highest BCUT2D eigenvalue weighted by Gasteiger charge is 2.59. The highest BCUT2D eigenvalue weighted by Crippen LogP contribution is 2.36. The Hall–Kier alpha value is -2.08. The number of carboxylic acids is 1. The van der Waals surface area contributed by atoms with Crippen LogP contribution in [0.4, 0.5) is 4.79 Å². The van der Waals surface area contributed by atoms with Crippen molar-refractivity contribution in [3.8, 4) is 0 Å². The smallest absolute Gasteiger partial charge is 0.411 e. The number of rotatable bonds is 3. The van der Waals surface area contributed by atoms with E-state index < -0.39 is 18.1 Å². The Morgan fingerprint density at radius 1 is 1.37 bits per heavy atom. The summed E-state index contributed by atoms with van der Waals surface area (Å²) in [7, 11) is 0.